The lowest BCUT2D eigenvalue weighted by Crippen LogP contribution is -2.45. The van der Waals surface area contributed by atoms with Gasteiger partial charge < -0.3 is 10.0 Å². The van der Waals surface area contributed by atoms with Crippen molar-refractivity contribution >= 4 is 5.91 Å². The fourth-order valence-electron chi connectivity index (χ4n) is 3.65. The topological polar surface area (TPSA) is 66.3 Å². The number of nitrogens with zero attached hydrogens (tertiary/aromatic N) is 3. The van der Waals surface area contributed by atoms with E-state index in [1.165, 1.54) is 6.33 Å². The van der Waals surface area contributed by atoms with E-state index in [2.05, 4.69) is 9.97 Å². The van der Waals surface area contributed by atoms with Crippen LogP contribution in [0, 0.1) is 5.92 Å². The molecule has 3 unspecified atom stereocenters. The molecule has 0 aromatic carbocycles. The van der Waals surface area contributed by atoms with Crippen LogP contribution in [0.3, 0.4) is 0 Å². The Labute approximate surface area is 119 Å². The van der Waals surface area contributed by atoms with E-state index in [0.717, 1.165) is 45.1 Å². The molecule has 1 aliphatic heterocycles. The third-order valence-corrected chi connectivity index (χ3v) is 4.64. The Morgan fingerprint density at radius 3 is 2.65 bits per heavy atom. The van der Waals surface area contributed by atoms with Crippen LogP contribution < -0.4 is 0 Å². The first-order valence-electron chi connectivity index (χ1n) is 7.51. The number of hydrogen-bond donors (Lipinski definition) is 1. The Morgan fingerprint density at radius 2 is 1.90 bits per heavy atom. The molecule has 20 heavy (non-hydrogen) atoms. The lowest BCUT2D eigenvalue weighted by molar-refractivity contribution is 0.0211. The molecule has 2 aliphatic rings. The van der Waals surface area contributed by atoms with E-state index >= 15 is 0 Å². The predicted molar refractivity (Wildman–Crippen MR) is 74.1 cm³/mol. The molecule has 1 aromatic rings. The summed E-state index contributed by atoms with van der Waals surface area (Å²) in [6, 6.07) is 0.179. The highest BCUT2D eigenvalue weighted by Crippen LogP contribution is 2.35. The summed E-state index contributed by atoms with van der Waals surface area (Å²) in [5.41, 5.74) is 0.546. The standard InChI is InChI=1S/C15H21N3O2/c19-14-6-2-1-4-12(14)13-5-3-7-18(13)15(20)11-8-16-10-17-9-11/h8-10,12-14,19H,1-7H2. The van der Waals surface area contributed by atoms with Gasteiger partial charge in [-0.2, -0.15) is 0 Å². The summed E-state index contributed by atoms with van der Waals surface area (Å²) in [6.45, 7) is 0.779. The third-order valence-electron chi connectivity index (χ3n) is 4.64. The fourth-order valence-corrected chi connectivity index (χ4v) is 3.65. The quantitative estimate of drug-likeness (QED) is 0.891. The van der Waals surface area contributed by atoms with Crippen molar-refractivity contribution in [2.75, 3.05) is 6.54 Å². The zero-order valence-corrected chi connectivity index (χ0v) is 11.6. The van der Waals surface area contributed by atoms with Crippen molar-refractivity contribution in [2.45, 2.75) is 50.7 Å². The van der Waals surface area contributed by atoms with E-state index in [9.17, 15) is 9.90 Å². The smallest absolute Gasteiger partial charge is 0.257 e. The Morgan fingerprint density at radius 1 is 1.15 bits per heavy atom. The van der Waals surface area contributed by atoms with E-state index < -0.39 is 0 Å². The fraction of sp³-hybridized carbons (Fsp3) is 0.667. The molecule has 1 amide bonds. The molecule has 1 saturated heterocycles. The minimum atomic E-state index is -0.255. The first kappa shape index (κ1) is 13.5. The van der Waals surface area contributed by atoms with Crippen LogP contribution in [0.4, 0.5) is 0 Å². The second-order valence-corrected chi connectivity index (χ2v) is 5.85. The van der Waals surface area contributed by atoms with Crippen LogP contribution >= 0.6 is 0 Å². The van der Waals surface area contributed by atoms with Crippen molar-refractivity contribution in [3.8, 4) is 0 Å². The monoisotopic (exact) mass is 275 g/mol. The number of rotatable bonds is 2. The minimum Gasteiger partial charge on any atom is -0.393 e. The molecule has 5 nitrogen and oxygen atoms in total. The SMILES string of the molecule is O=C(c1cncnc1)N1CCCC1C1CCCCC1O. The highest BCUT2D eigenvalue weighted by Gasteiger charge is 2.39. The van der Waals surface area contributed by atoms with Gasteiger partial charge in [-0.25, -0.2) is 9.97 Å². The molecule has 0 radical (unpaired) electrons. The average molecular weight is 275 g/mol. The predicted octanol–water partition coefficient (Wildman–Crippen LogP) is 1.63. The number of amides is 1. The molecule has 2 heterocycles. The largest absolute Gasteiger partial charge is 0.393 e. The summed E-state index contributed by atoms with van der Waals surface area (Å²) >= 11 is 0. The first-order valence-corrected chi connectivity index (χ1v) is 7.51. The summed E-state index contributed by atoms with van der Waals surface area (Å²) in [5, 5.41) is 10.2. The van der Waals surface area contributed by atoms with Crippen molar-refractivity contribution < 1.29 is 9.90 Å². The molecular formula is C15H21N3O2. The van der Waals surface area contributed by atoms with Gasteiger partial charge in [0, 0.05) is 30.9 Å². The van der Waals surface area contributed by atoms with E-state index in [0.29, 0.717) is 5.56 Å². The third kappa shape index (κ3) is 2.54. The van der Waals surface area contributed by atoms with Crippen LogP contribution in [-0.4, -0.2) is 44.6 Å². The highest BCUT2D eigenvalue weighted by atomic mass is 16.3. The van der Waals surface area contributed by atoms with Gasteiger partial charge in [0.1, 0.15) is 6.33 Å². The van der Waals surface area contributed by atoms with E-state index in [1.807, 2.05) is 4.90 Å². The van der Waals surface area contributed by atoms with Gasteiger partial charge in [0.2, 0.25) is 0 Å². The van der Waals surface area contributed by atoms with E-state index in [1.54, 1.807) is 12.4 Å². The van der Waals surface area contributed by atoms with Gasteiger partial charge >= 0.3 is 0 Å². The number of aliphatic hydroxyl groups excluding tert-OH is 1. The molecule has 1 N–H and O–H groups in total. The molecule has 108 valence electrons. The maximum Gasteiger partial charge on any atom is 0.257 e. The van der Waals surface area contributed by atoms with Crippen LogP contribution in [0.1, 0.15) is 48.9 Å². The summed E-state index contributed by atoms with van der Waals surface area (Å²) in [5.74, 6) is 0.241. The molecule has 0 bridgehead atoms. The summed E-state index contributed by atoms with van der Waals surface area (Å²) < 4.78 is 0. The van der Waals surface area contributed by atoms with Gasteiger partial charge in [0.15, 0.2) is 0 Å². The van der Waals surface area contributed by atoms with Gasteiger partial charge in [-0.05, 0) is 25.7 Å². The van der Waals surface area contributed by atoms with Gasteiger partial charge in [0.25, 0.3) is 5.91 Å². The maximum absolute atomic E-state index is 12.6. The Balaban J connectivity index is 1.77. The minimum absolute atomic E-state index is 0.00544. The molecule has 5 heteroatoms. The lowest BCUT2D eigenvalue weighted by Gasteiger charge is -2.37. The van der Waals surface area contributed by atoms with Crippen molar-refractivity contribution in [3.05, 3.63) is 24.3 Å². The second-order valence-electron chi connectivity index (χ2n) is 5.85. The number of hydrogen-bond acceptors (Lipinski definition) is 4. The Hall–Kier alpha value is -1.49. The molecule has 1 saturated carbocycles. The van der Waals surface area contributed by atoms with Gasteiger partial charge in [0.05, 0.1) is 11.7 Å². The molecule has 3 atom stereocenters. The molecule has 2 fully saturated rings. The number of likely N-dealkylation sites (tertiary alicyclic amines) is 1. The average Bonchev–Trinajstić information content (AvgIpc) is 2.97. The number of aromatic nitrogens is 2. The molecule has 1 aromatic heterocycles. The zero-order chi connectivity index (χ0) is 13.9. The zero-order valence-electron chi connectivity index (χ0n) is 11.6. The Kier molecular flexibility index (Phi) is 3.96. The van der Waals surface area contributed by atoms with Crippen LogP contribution in [0.15, 0.2) is 18.7 Å². The summed E-state index contributed by atoms with van der Waals surface area (Å²) in [7, 11) is 0. The van der Waals surface area contributed by atoms with Gasteiger partial charge in [-0.15, -0.1) is 0 Å². The van der Waals surface area contributed by atoms with E-state index in [-0.39, 0.29) is 24.0 Å². The molecular weight excluding hydrogens is 254 g/mol. The first-order chi connectivity index (χ1) is 9.77. The number of carbonyl (C=O) groups is 1. The summed E-state index contributed by atoms with van der Waals surface area (Å²) in [6.07, 6.45) is 10.5. The highest BCUT2D eigenvalue weighted by molar-refractivity contribution is 5.94. The number of carbonyl (C=O) groups excluding carboxylic acids is 1. The molecule has 0 spiro atoms. The number of aliphatic hydroxyl groups is 1. The van der Waals surface area contributed by atoms with Crippen LogP contribution in [-0.2, 0) is 0 Å². The molecule has 1 aliphatic carbocycles. The second kappa shape index (κ2) is 5.87. The molecule has 3 rings (SSSR count). The normalized spacial score (nSPS) is 30.4. The van der Waals surface area contributed by atoms with Crippen LogP contribution in [0.25, 0.3) is 0 Å². The van der Waals surface area contributed by atoms with Crippen molar-refractivity contribution in [3.63, 3.8) is 0 Å². The van der Waals surface area contributed by atoms with Gasteiger partial charge in [-0.3, -0.25) is 4.79 Å². The summed E-state index contributed by atoms with van der Waals surface area (Å²) in [4.78, 5) is 22.3. The van der Waals surface area contributed by atoms with Crippen LogP contribution in [0.5, 0.6) is 0 Å². The van der Waals surface area contributed by atoms with Crippen molar-refractivity contribution in [1.29, 1.82) is 0 Å². The van der Waals surface area contributed by atoms with E-state index in [4.69, 9.17) is 0 Å². The Bertz CT molecular complexity index is 465. The maximum atomic E-state index is 12.6. The lowest BCUT2D eigenvalue weighted by atomic mass is 9.80. The van der Waals surface area contributed by atoms with Crippen LogP contribution in [0.2, 0.25) is 0 Å². The van der Waals surface area contributed by atoms with Crippen molar-refractivity contribution in [2.24, 2.45) is 5.92 Å². The van der Waals surface area contributed by atoms with Gasteiger partial charge in [-0.1, -0.05) is 12.8 Å². The van der Waals surface area contributed by atoms with Crippen molar-refractivity contribution in [1.82, 2.24) is 14.9 Å².